The first-order valence-corrected chi connectivity index (χ1v) is 3.47. The van der Waals surface area contributed by atoms with Crippen LogP contribution in [0.4, 0.5) is 0 Å². The van der Waals surface area contributed by atoms with E-state index in [0.29, 0.717) is 12.1 Å². The molecule has 2 unspecified atom stereocenters. The van der Waals surface area contributed by atoms with E-state index in [-0.39, 0.29) is 12.1 Å². The van der Waals surface area contributed by atoms with Crippen molar-refractivity contribution < 1.29 is 0 Å². The van der Waals surface area contributed by atoms with Crippen LogP contribution in [0.3, 0.4) is 0 Å². The van der Waals surface area contributed by atoms with Gasteiger partial charge >= 0.3 is 0 Å². The SMILES string of the molecule is CC1C(C)N([O-])SN1[O-]. The van der Waals surface area contributed by atoms with Gasteiger partial charge in [0.25, 0.3) is 0 Å². The molecule has 0 bridgehead atoms. The zero-order valence-electron chi connectivity index (χ0n) is 5.27. The molecule has 0 radical (unpaired) electrons. The van der Waals surface area contributed by atoms with Crippen molar-refractivity contribution in [1.82, 2.24) is 8.94 Å². The predicted molar refractivity (Wildman–Crippen MR) is 36.9 cm³/mol. The summed E-state index contributed by atoms with van der Waals surface area (Å²) in [5, 5.41) is 21.3. The van der Waals surface area contributed by atoms with Gasteiger partial charge in [-0.25, -0.2) is 0 Å². The van der Waals surface area contributed by atoms with Crippen LogP contribution in [0.5, 0.6) is 0 Å². The van der Waals surface area contributed by atoms with Crippen molar-refractivity contribution in [3.8, 4) is 0 Å². The van der Waals surface area contributed by atoms with Gasteiger partial charge in [0.2, 0.25) is 0 Å². The van der Waals surface area contributed by atoms with Gasteiger partial charge in [-0.2, -0.15) is 0 Å². The minimum Gasteiger partial charge on any atom is -0.774 e. The van der Waals surface area contributed by atoms with Gasteiger partial charge in [0, 0.05) is 12.1 Å². The third-order valence-corrected chi connectivity index (χ3v) is 2.51. The molecule has 0 spiro atoms. The van der Waals surface area contributed by atoms with Crippen molar-refractivity contribution in [2.45, 2.75) is 25.9 Å². The van der Waals surface area contributed by atoms with Crippen LogP contribution in [-0.2, 0) is 0 Å². The highest BCUT2D eigenvalue weighted by Gasteiger charge is 2.23. The molecule has 2 atom stereocenters. The van der Waals surface area contributed by atoms with Crippen molar-refractivity contribution in [3.05, 3.63) is 10.4 Å². The Morgan fingerprint density at radius 2 is 1.44 bits per heavy atom. The highest BCUT2D eigenvalue weighted by Crippen LogP contribution is 2.30. The summed E-state index contributed by atoms with van der Waals surface area (Å²) in [6.07, 6.45) is 0. The molecule has 0 saturated carbocycles. The summed E-state index contributed by atoms with van der Waals surface area (Å²) in [7, 11) is 0. The first-order valence-electron chi connectivity index (χ1n) is 2.73. The van der Waals surface area contributed by atoms with E-state index in [1.54, 1.807) is 13.8 Å². The van der Waals surface area contributed by atoms with Gasteiger partial charge in [-0.3, -0.25) is 0 Å². The number of rotatable bonds is 0. The average molecular weight is 148 g/mol. The van der Waals surface area contributed by atoms with Gasteiger partial charge in [-0.1, -0.05) is 0 Å². The first kappa shape index (κ1) is 7.30. The van der Waals surface area contributed by atoms with E-state index in [4.69, 9.17) is 0 Å². The van der Waals surface area contributed by atoms with Crippen LogP contribution >= 0.6 is 12.1 Å². The molecule has 9 heavy (non-hydrogen) atoms. The molecule has 1 fully saturated rings. The highest BCUT2D eigenvalue weighted by molar-refractivity contribution is 7.95. The van der Waals surface area contributed by atoms with Gasteiger partial charge in [0.15, 0.2) is 0 Å². The van der Waals surface area contributed by atoms with Crippen LogP contribution in [0.15, 0.2) is 0 Å². The Hall–Kier alpha value is 0.190. The zero-order chi connectivity index (χ0) is 7.02. The minimum atomic E-state index is -0.188. The summed E-state index contributed by atoms with van der Waals surface area (Å²) in [4.78, 5) is 0. The maximum atomic E-state index is 10.6. The maximum absolute atomic E-state index is 10.6. The summed E-state index contributed by atoms with van der Waals surface area (Å²) < 4.78 is 1.44. The Morgan fingerprint density at radius 1 is 1.11 bits per heavy atom. The monoisotopic (exact) mass is 148 g/mol. The third kappa shape index (κ3) is 1.20. The van der Waals surface area contributed by atoms with Crippen LogP contribution in [0.2, 0.25) is 0 Å². The number of nitrogens with zero attached hydrogens (tertiary/aromatic N) is 2. The molecule has 1 aliphatic rings. The van der Waals surface area contributed by atoms with Crippen LogP contribution < -0.4 is 0 Å². The van der Waals surface area contributed by atoms with Crippen molar-refractivity contribution in [2.24, 2.45) is 0 Å². The Morgan fingerprint density at radius 3 is 1.56 bits per heavy atom. The van der Waals surface area contributed by atoms with Crippen LogP contribution in [0.25, 0.3) is 0 Å². The molecular weight excluding hydrogens is 140 g/mol. The highest BCUT2D eigenvalue weighted by atomic mass is 32.2. The average Bonchev–Trinajstić information content (AvgIpc) is 1.98. The van der Waals surface area contributed by atoms with Gasteiger partial charge < -0.3 is 19.4 Å². The molecule has 0 N–H and O–H groups in total. The molecule has 1 saturated heterocycles. The molecule has 4 nitrogen and oxygen atoms in total. The van der Waals surface area contributed by atoms with E-state index in [1.807, 2.05) is 0 Å². The topological polar surface area (TPSA) is 52.6 Å². The quantitative estimate of drug-likeness (QED) is 0.478. The van der Waals surface area contributed by atoms with Gasteiger partial charge in [0.1, 0.15) is 0 Å². The van der Waals surface area contributed by atoms with Gasteiger partial charge in [0.05, 0.1) is 0 Å². The molecule has 0 aromatic rings. The summed E-state index contributed by atoms with van der Waals surface area (Å²) in [5.41, 5.74) is 0. The molecule has 0 aromatic heterocycles. The van der Waals surface area contributed by atoms with Crippen molar-refractivity contribution in [2.75, 3.05) is 0 Å². The Bertz CT molecular complexity index is 101. The molecule has 54 valence electrons. The second-order valence-corrected chi connectivity index (χ2v) is 3.02. The van der Waals surface area contributed by atoms with Gasteiger partial charge in [-0.05, 0) is 26.0 Å². The lowest BCUT2D eigenvalue weighted by Crippen LogP contribution is -2.27. The Kier molecular flexibility index (Phi) is 1.97. The number of hydroxylamine groups is 2. The maximum Gasteiger partial charge on any atom is 0.0202 e. The van der Waals surface area contributed by atoms with E-state index in [9.17, 15) is 10.4 Å². The summed E-state index contributed by atoms with van der Waals surface area (Å²) >= 11 is 0.692. The molecule has 5 heteroatoms. The minimum absolute atomic E-state index is 0.188. The normalized spacial score (nSPS) is 40.0. The molecular formula is C4H8N2O2S-2. The van der Waals surface area contributed by atoms with Crippen molar-refractivity contribution in [1.29, 1.82) is 0 Å². The molecule has 0 amide bonds. The lowest BCUT2D eigenvalue weighted by atomic mass is 10.2. The Labute approximate surface area is 58.2 Å². The van der Waals surface area contributed by atoms with E-state index in [0.717, 1.165) is 8.94 Å². The fourth-order valence-electron chi connectivity index (χ4n) is 0.580. The third-order valence-electron chi connectivity index (χ3n) is 1.52. The van der Waals surface area contributed by atoms with Gasteiger partial charge in [-0.15, -0.1) is 0 Å². The largest absolute Gasteiger partial charge is 0.774 e. The molecule has 1 aliphatic heterocycles. The van der Waals surface area contributed by atoms with Crippen molar-refractivity contribution in [3.63, 3.8) is 0 Å². The van der Waals surface area contributed by atoms with Crippen molar-refractivity contribution >= 4 is 12.1 Å². The summed E-state index contributed by atoms with van der Waals surface area (Å²) in [6.45, 7) is 3.48. The van der Waals surface area contributed by atoms with E-state index < -0.39 is 0 Å². The van der Waals surface area contributed by atoms with Crippen LogP contribution in [-0.4, -0.2) is 21.0 Å². The second kappa shape index (κ2) is 2.43. The number of hydrogen-bond donors (Lipinski definition) is 0. The Balaban J connectivity index is 2.54. The van der Waals surface area contributed by atoms with E-state index >= 15 is 0 Å². The lowest BCUT2D eigenvalue weighted by molar-refractivity contribution is 0.376. The fourth-order valence-corrected chi connectivity index (χ4v) is 1.39. The zero-order valence-corrected chi connectivity index (χ0v) is 6.09. The van der Waals surface area contributed by atoms with E-state index in [1.165, 1.54) is 0 Å². The smallest absolute Gasteiger partial charge is 0.0202 e. The second-order valence-electron chi connectivity index (χ2n) is 2.13. The standard InChI is InChI=1S/C4H8N2O2S/c1-3-4(2)6(8)9-5(3)7/h3-4H,1-2H3/q-2. The van der Waals surface area contributed by atoms with Crippen LogP contribution in [0, 0.1) is 10.4 Å². The number of hydrogen-bond acceptors (Lipinski definition) is 5. The summed E-state index contributed by atoms with van der Waals surface area (Å²) in [6, 6.07) is -0.375. The molecule has 1 rings (SSSR count). The molecule has 1 heterocycles. The first-order chi connectivity index (χ1) is 4.13. The van der Waals surface area contributed by atoms with E-state index in [2.05, 4.69) is 0 Å². The lowest BCUT2D eigenvalue weighted by Gasteiger charge is -2.24. The fraction of sp³-hybridized carbons (Fsp3) is 1.00. The van der Waals surface area contributed by atoms with Crippen LogP contribution in [0.1, 0.15) is 13.8 Å². The summed E-state index contributed by atoms with van der Waals surface area (Å²) in [5.74, 6) is 0. The molecule has 0 aromatic carbocycles. The predicted octanol–water partition coefficient (Wildman–Crippen LogP) is 0.940. The molecule has 0 aliphatic carbocycles.